The number of benzene rings is 1. The van der Waals surface area contributed by atoms with Gasteiger partial charge in [0.05, 0.1) is 10.7 Å². The minimum absolute atomic E-state index is 0.613. The van der Waals surface area contributed by atoms with E-state index in [1.807, 2.05) is 31.2 Å². The van der Waals surface area contributed by atoms with E-state index in [-0.39, 0.29) is 0 Å². The largest absolute Gasteiger partial charge is 0.339 e. The molecule has 0 fully saturated rings. The Labute approximate surface area is 110 Å². The number of rotatable bonds is 4. The lowest BCUT2D eigenvalue weighted by Crippen LogP contribution is -2.13. The van der Waals surface area contributed by atoms with E-state index in [9.17, 15) is 0 Å². The Hall–Kier alpha value is -1.85. The first-order chi connectivity index (χ1) is 8.76. The number of hydrazine groups is 1. The molecule has 0 bridgehead atoms. The van der Waals surface area contributed by atoms with E-state index in [0.717, 1.165) is 17.7 Å². The topological polar surface area (TPSA) is 75.9 Å². The summed E-state index contributed by atoms with van der Waals surface area (Å²) in [6.07, 6.45) is 2.21. The molecule has 6 heteroatoms. The Kier molecular flexibility index (Phi) is 3.96. The third-order valence-corrected chi connectivity index (χ3v) is 2.89. The lowest BCUT2D eigenvalue weighted by molar-refractivity contribution is 1.04. The molecule has 2 rings (SSSR count). The van der Waals surface area contributed by atoms with Crippen molar-refractivity contribution in [3.63, 3.8) is 0 Å². The van der Waals surface area contributed by atoms with E-state index in [1.165, 1.54) is 6.33 Å². The summed E-state index contributed by atoms with van der Waals surface area (Å²) in [7, 11) is 0. The number of nitrogens with zero attached hydrogens (tertiary/aromatic N) is 2. The van der Waals surface area contributed by atoms with Crippen LogP contribution in [0.2, 0.25) is 5.02 Å². The van der Waals surface area contributed by atoms with Crippen LogP contribution in [0.25, 0.3) is 0 Å². The van der Waals surface area contributed by atoms with Crippen LogP contribution in [-0.4, -0.2) is 9.97 Å². The molecule has 0 spiro atoms. The number of nitrogen functional groups attached to an aromatic ring is 1. The molecule has 0 saturated carbocycles. The van der Waals surface area contributed by atoms with Crippen LogP contribution in [0.5, 0.6) is 0 Å². The van der Waals surface area contributed by atoms with E-state index < -0.39 is 0 Å². The van der Waals surface area contributed by atoms with Crippen molar-refractivity contribution >= 4 is 28.9 Å². The zero-order valence-corrected chi connectivity index (χ0v) is 10.7. The molecule has 1 heterocycles. The Morgan fingerprint density at radius 2 is 1.94 bits per heavy atom. The normalized spacial score (nSPS) is 10.2. The first-order valence-corrected chi connectivity index (χ1v) is 5.96. The first-order valence-electron chi connectivity index (χ1n) is 5.58. The van der Waals surface area contributed by atoms with Gasteiger partial charge in [0.25, 0.3) is 0 Å². The quantitative estimate of drug-likeness (QED) is 0.584. The van der Waals surface area contributed by atoms with Crippen LogP contribution in [0.3, 0.4) is 0 Å². The molecule has 0 aliphatic rings. The summed E-state index contributed by atoms with van der Waals surface area (Å²) in [4.78, 5) is 8.29. The molecule has 0 aliphatic carbocycles. The molecule has 18 heavy (non-hydrogen) atoms. The third kappa shape index (κ3) is 2.52. The summed E-state index contributed by atoms with van der Waals surface area (Å²) < 4.78 is 0. The third-order valence-electron chi connectivity index (χ3n) is 2.56. The fourth-order valence-electron chi connectivity index (χ4n) is 1.67. The summed E-state index contributed by atoms with van der Waals surface area (Å²) in [5.41, 5.74) is 4.28. The van der Waals surface area contributed by atoms with Crippen molar-refractivity contribution in [1.29, 1.82) is 0 Å². The molecule has 94 valence electrons. The molecule has 0 radical (unpaired) electrons. The van der Waals surface area contributed by atoms with Gasteiger partial charge in [0.15, 0.2) is 0 Å². The van der Waals surface area contributed by atoms with Crippen molar-refractivity contribution in [2.75, 3.05) is 10.7 Å². The molecule has 0 atom stereocenters. The van der Waals surface area contributed by atoms with Crippen LogP contribution in [0, 0.1) is 0 Å². The molecule has 0 unspecified atom stereocenters. The summed E-state index contributed by atoms with van der Waals surface area (Å²) in [5.74, 6) is 6.74. The first kappa shape index (κ1) is 12.6. The number of aromatic nitrogens is 2. The van der Waals surface area contributed by atoms with Gasteiger partial charge in [0.1, 0.15) is 18.0 Å². The molecule has 4 N–H and O–H groups in total. The zero-order valence-electron chi connectivity index (χ0n) is 9.94. The van der Waals surface area contributed by atoms with Crippen LogP contribution in [0.4, 0.5) is 17.3 Å². The number of hydrogen-bond donors (Lipinski definition) is 3. The van der Waals surface area contributed by atoms with E-state index in [4.69, 9.17) is 17.4 Å². The van der Waals surface area contributed by atoms with Gasteiger partial charge in [-0.05, 0) is 18.6 Å². The summed E-state index contributed by atoms with van der Waals surface area (Å²) in [6, 6.07) is 7.49. The summed E-state index contributed by atoms with van der Waals surface area (Å²) >= 11 is 6.10. The maximum Gasteiger partial charge on any atom is 0.148 e. The van der Waals surface area contributed by atoms with Gasteiger partial charge in [0.2, 0.25) is 0 Å². The average molecular weight is 264 g/mol. The predicted octanol–water partition coefficient (Wildman–Crippen LogP) is 2.72. The smallest absolute Gasteiger partial charge is 0.148 e. The van der Waals surface area contributed by atoms with Gasteiger partial charge in [-0.15, -0.1) is 0 Å². The number of anilines is 3. The second-order valence-electron chi connectivity index (χ2n) is 3.65. The minimum atomic E-state index is 0.613. The zero-order chi connectivity index (χ0) is 13.0. The lowest BCUT2D eigenvalue weighted by Gasteiger charge is -2.13. The predicted molar refractivity (Wildman–Crippen MR) is 74.0 cm³/mol. The highest BCUT2D eigenvalue weighted by Crippen LogP contribution is 2.27. The van der Waals surface area contributed by atoms with Crippen LogP contribution in [0.1, 0.15) is 12.5 Å². The molecule has 0 aliphatic heterocycles. The van der Waals surface area contributed by atoms with Crippen molar-refractivity contribution in [2.45, 2.75) is 13.3 Å². The van der Waals surface area contributed by atoms with Gasteiger partial charge in [-0.3, -0.25) is 0 Å². The Morgan fingerprint density at radius 3 is 2.61 bits per heavy atom. The SMILES string of the molecule is CCc1c(NN)ncnc1Nc1ccccc1Cl. The van der Waals surface area contributed by atoms with E-state index in [0.29, 0.717) is 16.7 Å². The Balaban J connectivity index is 2.37. The molecule has 2 aromatic rings. The highest BCUT2D eigenvalue weighted by atomic mass is 35.5. The van der Waals surface area contributed by atoms with Gasteiger partial charge in [0, 0.05) is 5.56 Å². The molecule has 5 nitrogen and oxygen atoms in total. The highest BCUT2D eigenvalue weighted by Gasteiger charge is 2.10. The van der Waals surface area contributed by atoms with Crippen molar-refractivity contribution in [3.8, 4) is 0 Å². The van der Waals surface area contributed by atoms with E-state index in [2.05, 4.69) is 20.7 Å². The summed E-state index contributed by atoms with van der Waals surface area (Å²) in [6.45, 7) is 2.01. The fraction of sp³-hybridized carbons (Fsp3) is 0.167. The van der Waals surface area contributed by atoms with Gasteiger partial charge < -0.3 is 10.7 Å². The van der Waals surface area contributed by atoms with Gasteiger partial charge in [-0.2, -0.15) is 0 Å². The lowest BCUT2D eigenvalue weighted by atomic mass is 10.2. The van der Waals surface area contributed by atoms with Crippen LogP contribution in [0.15, 0.2) is 30.6 Å². The van der Waals surface area contributed by atoms with Crippen molar-refractivity contribution in [1.82, 2.24) is 9.97 Å². The molecule has 0 amide bonds. The number of halogens is 1. The number of hydrogen-bond acceptors (Lipinski definition) is 5. The second kappa shape index (κ2) is 5.66. The van der Waals surface area contributed by atoms with Crippen LogP contribution in [-0.2, 0) is 6.42 Å². The van der Waals surface area contributed by atoms with E-state index >= 15 is 0 Å². The minimum Gasteiger partial charge on any atom is -0.339 e. The maximum atomic E-state index is 6.10. The van der Waals surface area contributed by atoms with Crippen LogP contribution < -0.4 is 16.6 Å². The molecule has 1 aromatic heterocycles. The Bertz CT molecular complexity index is 544. The second-order valence-corrected chi connectivity index (χ2v) is 4.06. The Morgan fingerprint density at radius 1 is 1.22 bits per heavy atom. The standard InChI is InChI=1S/C12H14ClN5/c1-2-8-11(15-7-16-12(8)18-14)17-10-6-4-3-5-9(10)13/h3-7H,2,14H2,1H3,(H2,15,16,17,18). The number of nitrogens with one attached hydrogen (secondary N) is 2. The highest BCUT2D eigenvalue weighted by molar-refractivity contribution is 6.33. The van der Waals surface area contributed by atoms with Crippen molar-refractivity contribution in [3.05, 3.63) is 41.2 Å². The molecule has 1 aromatic carbocycles. The average Bonchev–Trinajstić information content (AvgIpc) is 2.41. The monoisotopic (exact) mass is 263 g/mol. The van der Waals surface area contributed by atoms with Crippen LogP contribution >= 0.6 is 11.6 Å². The van der Waals surface area contributed by atoms with Crippen molar-refractivity contribution < 1.29 is 0 Å². The van der Waals surface area contributed by atoms with Crippen molar-refractivity contribution in [2.24, 2.45) is 5.84 Å². The number of para-hydroxylation sites is 1. The van der Waals surface area contributed by atoms with E-state index in [1.54, 1.807) is 0 Å². The molecule has 0 saturated heterocycles. The van der Waals surface area contributed by atoms with Gasteiger partial charge in [-0.1, -0.05) is 30.7 Å². The van der Waals surface area contributed by atoms with Gasteiger partial charge in [-0.25, -0.2) is 15.8 Å². The van der Waals surface area contributed by atoms with Gasteiger partial charge >= 0.3 is 0 Å². The maximum absolute atomic E-state index is 6.10. The fourth-order valence-corrected chi connectivity index (χ4v) is 1.85. The molecular weight excluding hydrogens is 250 g/mol. The molecular formula is C12H14ClN5. The number of nitrogens with two attached hydrogens (primary N) is 1. The summed E-state index contributed by atoms with van der Waals surface area (Å²) in [5, 5.41) is 3.83.